The third kappa shape index (κ3) is 2.43. The molecule has 0 amide bonds. The molecule has 4 heteroatoms. The van der Waals surface area contributed by atoms with E-state index in [1.54, 1.807) is 20.3 Å². The van der Waals surface area contributed by atoms with Gasteiger partial charge in [-0.25, -0.2) is 0 Å². The molecule has 4 nitrogen and oxygen atoms in total. The highest BCUT2D eigenvalue weighted by Gasteiger charge is 2.27. The van der Waals surface area contributed by atoms with E-state index in [0.29, 0.717) is 5.75 Å². The quantitative estimate of drug-likeness (QED) is 0.910. The lowest BCUT2D eigenvalue weighted by molar-refractivity contribution is 0.375. The van der Waals surface area contributed by atoms with Gasteiger partial charge in [0.05, 0.1) is 25.8 Å². The Morgan fingerprint density at radius 1 is 1.10 bits per heavy atom. The molecular weight excluding hydrogens is 266 g/mol. The molecule has 2 N–H and O–H groups in total. The van der Waals surface area contributed by atoms with Crippen LogP contribution in [0.4, 0.5) is 0 Å². The second-order valence-corrected chi connectivity index (χ2v) is 5.10. The maximum Gasteiger partial charge on any atom is 0.127 e. The van der Waals surface area contributed by atoms with Crippen LogP contribution in [0.2, 0.25) is 0 Å². The van der Waals surface area contributed by atoms with Gasteiger partial charge in [0.15, 0.2) is 0 Å². The van der Waals surface area contributed by atoms with Crippen LogP contribution in [0.5, 0.6) is 17.2 Å². The minimum Gasteiger partial charge on any atom is -0.508 e. The lowest BCUT2D eigenvalue weighted by Gasteiger charge is -2.29. The van der Waals surface area contributed by atoms with E-state index >= 15 is 0 Å². The number of phenolic OH excluding ortho intramolecular Hbond substituents is 1. The molecule has 1 heterocycles. The predicted octanol–water partition coefficient (Wildman–Crippen LogP) is 2.64. The van der Waals surface area contributed by atoms with E-state index in [2.05, 4.69) is 5.32 Å². The summed E-state index contributed by atoms with van der Waals surface area (Å²) in [7, 11) is 3.33. The second-order valence-electron chi connectivity index (χ2n) is 5.10. The van der Waals surface area contributed by atoms with E-state index in [1.807, 2.05) is 30.3 Å². The summed E-state index contributed by atoms with van der Waals surface area (Å²) in [5, 5.41) is 13.2. The first-order valence-corrected chi connectivity index (χ1v) is 7.00. The molecule has 2 aromatic rings. The van der Waals surface area contributed by atoms with Gasteiger partial charge >= 0.3 is 0 Å². The Balaban J connectivity index is 2.15. The summed E-state index contributed by atoms with van der Waals surface area (Å²) < 4.78 is 11.0. The van der Waals surface area contributed by atoms with Crippen molar-refractivity contribution in [1.29, 1.82) is 0 Å². The SMILES string of the molecule is COc1cccc(OC)c1C1NCCc2cc(O)ccc21. The molecule has 0 aromatic heterocycles. The zero-order valence-electron chi connectivity index (χ0n) is 12.2. The van der Waals surface area contributed by atoms with Gasteiger partial charge in [-0.15, -0.1) is 0 Å². The standard InChI is InChI=1S/C17H19NO3/c1-20-14-4-3-5-15(21-2)16(14)17-13-7-6-12(19)10-11(13)8-9-18-17/h3-7,10,17-19H,8-9H2,1-2H3. The highest BCUT2D eigenvalue weighted by Crippen LogP contribution is 2.40. The summed E-state index contributed by atoms with van der Waals surface area (Å²) in [6.45, 7) is 0.850. The fourth-order valence-electron chi connectivity index (χ4n) is 2.97. The number of fused-ring (bicyclic) bond motifs is 1. The van der Waals surface area contributed by atoms with Gasteiger partial charge in [-0.1, -0.05) is 12.1 Å². The maximum absolute atomic E-state index is 9.68. The predicted molar refractivity (Wildman–Crippen MR) is 81.2 cm³/mol. The van der Waals surface area contributed by atoms with Crippen molar-refractivity contribution < 1.29 is 14.6 Å². The highest BCUT2D eigenvalue weighted by atomic mass is 16.5. The molecule has 1 aliphatic rings. The van der Waals surface area contributed by atoms with Crippen molar-refractivity contribution in [2.24, 2.45) is 0 Å². The number of benzene rings is 2. The summed E-state index contributed by atoms with van der Waals surface area (Å²) in [6.07, 6.45) is 0.900. The number of hydrogen-bond donors (Lipinski definition) is 2. The minimum absolute atomic E-state index is 0.000417. The van der Waals surface area contributed by atoms with Crippen LogP contribution in [0, 0.1) is 0 Å². The number of methoxy groups -OCH3 is 2. The van der Waals surface area contributed by atoms with Crippen molar-refractivity contribution in [3.05, 3.63) is 53.1 Å². The molecule has 1 atom stereocenters. The maximum atomic E-state index is 9.68. The topological polar surface area (TPSA) is 50.7 Å². The minimum atomic E-state index is 0.000417. The first kappa shape index (κ1) is 13.8. The average Bonchev–Trinajstić information content (AvgIpc) is 2.53. The summed E-state index contributed by atoms with van der Waals surface area (Å²) in [6, 6.07) is 11.3. The molecule has 1 aliphatic heterocycles. The molecule has 2 aromatic carbocycles. The van der Waals surface area contributed by atoms with Crippen molar-refractivity contribution in [2.75, 3.05) is 20.8 Å². The summed E-state index contributed by atoms with van der Waals surface area (Å²) >= 11 is 0. The smallest absolute Gasteiger partial charge is 0.127 e. The number of phenols is 1. The summed E-state index contributed by atoms with van der Waals surface area (Å²) in [5.74, 6) is 1.90. The molecular formula is C17H19NO3. The fraction of sp³-hybridized carbons (Fsp3) is 0.294. The molecule has 21 heavy (non-hydrogen) atoms. The summed E-state index contributed by atoms with van der Waals surface area (Å²) in [5.41, 5.74) is 3.31. The van der Waals surface area contributed by atoms with Crippen molar-refractivity contribution in [2.45, 2.75) is 12.5 Å². The van der Waals surface area contributed by atoms with Gasteiger partial charge in [-0.2, -0.15) is 0 Å². The van der Waals surface area contributed by atoms with Gasteiger partial charge in [0.1, 0.15) is 17.2 Å². The molecule has 0 radical (unpaired) electrons. The zero-order valence-corrected chi connectivity index (χ0v) is 12.2. The van der Waals surface area contributed by atoms with Gasteiger partial charge in [0, 0.05) is 6.54 Å². The van der Waals surface area contributed by atoms with Crippen LogP contribution < -0.4 is 14.8 Å². The van der Waals surface area contributed by atoms with Crippen molar-refractivity contribution in [3.63, 3.8) is 0 Å². The van der Waals surface area contributed by atoms with Gasteiger partial charge in [-0.05, 0) is 41.8 Å². The van der Waals surface area contributed by atoms with Gasteiger partial charge in [0.25, 0.3) is 0 Å². The molecule has 0 saturated heterocycles. The van der Waals surface area contributed by atoms with Crippen LogP contribution in [-0.2, 0) is 6.42 Å². The molecule has 0 spiro atoms. The molecule has 0 aliphatic carbocycles. The summed E-state index contributed by atoms with van der Waals surface area (Å²) in [4.78, 5) is 0. The van der Waals surface area contributed by atoms with Gasteiger partial charge in [-0.3, -0.25) is 0 Å². The van der Waals surface area contributed by atoms with E-state index in [-0.39, 0.29) is 6.04 Å². The first-order chi connectivity index (χ1) is 10.2. The van der Waals surface area contributed by atoms with Crippen molar-refractivity contribution >= 4 is 0 Å². The second kappa shape index (κ2) is 5.66. The van der Waals surface area contributed by atoms with Gasteiger partial charge in [0.2, 0.25) is 0 Å². The third-order valence-corrected chi connectivity index (χ3v) is 3.93. The molecule has 110 valence electrons. The average molecular weight is 285 g/mol. The Morgan fingerprint density at radius 2 is 1.81 bits per heavy atom. The monoisotopic (exact) mass is 285 g/mol. The van der Waals surface area contributed by atoms with E-state index in [0.717, 1.165) is 41.2 Å². The lowest BCUT2D eigenvalue weighted by atomic mass is 9.89. The number of aromatic hydroxyl groups is 1. The van der Waals surface area contributed by atoms with Crippen molar-refractivity contribution in [3.8, 4) is 17.2 Å². The Bertz CT molecular complexity index is 632. The van der Waals surface area contributed by atoms with Gasteiger partial charge < -0.3 is 19.9 Å². The van der Waals surface area contributed by atoms with Crippen LogP contribution in [0.3, 0.4) is 0 Å². The lowest BCUT2D eigenvalue weighted by Crippen LogP contribution is -2.31. The Morgan fingerprint density at radius 3 is 2.48 bits per heavy atom. The Kier molecular flexibility index (Phi) is 3.71. The van der Waals surface area contributed by atoms with Crippen LogP contribution in [0.1, 0.15) is 22.7 Å². The van der Waals surface area contributed by atoms with E-state index < -0.39 is 0 Å². The molecule has 0 bridgehead atoms. The molecule has 3 rings (SSSR count). The third-order valence-electron chi connectivity index (χ3n) is 3.93. The van der Waals surface area contributed by atoms with Crippen LogP contribution in [-0.4, -0.2) is 25.9 Å². The number of ether oxygens (including phenoxy) is 2. The Labute approximate surface area is 124 Å². The van der Waals surface area contributed by atoms with Crippen LogP contribution in [0.25, 0.3) is 0 Å². The number of rotatable bonds is 3. The van der Waals surface area contributed by atoms with Crippen LogP contribution in [0.15, 0.2) is 36.4 Å². The highest BCUT2D eigenvalue weighted by molar-refractivity contribution is 5.53. The van der Waals surface area contributed by atoms with E-state index in [9.17, 15) is 5.11 Å². The van der Waals surface area contributed by atoms with E-state index in [1.165, 1.54) is 0 Å². The molecule has 1 unspecified atom stereocenters. The Hall–Kier alpha value is -2.20. The van der Waals surface area contributed by atoms with Crippen molar-refractivity contribution in [1.82, 2.24) is 5.32 Å². The number of hydrogen-bond acceptors (Lipinski definition) is 4. The molecule has 0 saturated carbocycles. The van der Waals surface area contributed by atoms with Crippen LogP contribution >= 0.6 is 0 Å². The number of nitrogens with one attached hydrogen (secondary N) is 1. The van der Waals surface area contributed by atoms with E-state index in [4.69, 9.17) is 9.47 Å². The fourth-order valence-corrected chi connectivity index (χ4v) is 2.97. The molecule has 0 fully saturated rings. The zero-order chi connectivity index (χ0) is 14.8. The normalized spacial score (nSPS) is 17.1. The largest absolute Gasteiger partial charge is 0.508 e. The first-order valence-electron chi connectivity index (χ1n) is 7.00.